The number of aromatic nitrogens is 5. The SMILES string of the molecule is Cc1nc(-c2cnc(NC(C)C)n(C)c2=O)ccc1Cc1c[nH]c2ncc(Cl)cc12. The maximum Gasteiger partial charge on any atom is 0.264 e. The molecule has 0 saturated heterocycles. The van der Waals surface area contributed by atoms with Gasteiger partial charge in [-0.05, 0) is 44.0 Å². The summed E-state index contributed by atoms with van der Waals surface area (Å²) in [4.78, 5) is 29.4. The monoisotopic (exact) mass is 422 g/mol. The van der Waals surface area contributed by atoms with Gasteiger partial charge in [0.25, 0.3) is 5.56 Å². The van der Waals surface area contributed by atoms with Crippen LogP contribution in [0.15, 0.2) is 41.6 Å². The second-order valence-corrected chi connectivity index (χ2v) is 8.08. The molecule has 7 nitrogen and oxygen atoms in total. The smallest absolute Gasteiger partial charge is 0.264 e. The molecule has 0 radical (unpaired) electrons. The van der Waals surface area contributed by atoms with Crippen LogP contribution in [0.5, 0.6) is 0 Å². The minimum atomic E-state index is -0.134. The van der Waals surface area contributed by atoms with E-state index in [4.69, 9.17) is 11.6 Å². The number of aryl methyl sites for hydroxylation is 1. The highest BCUT2D eigenvalue weighted by atomic mass is 35.5. The molecule has 0 amide bonds. The summed E-state index contributed by atoms with van der Waals surface area (Å²) in [6.07, 6.45) is 5.85. The van der Waals surface area contributed by atoms with Gasteiger partial charge < -0.3 is 10.3 Å². The molecule has 0 aromatic carbocycles. The van der Waals surface area contributed by atoms with Crippen molar-refractivity contribution in [2.45, 2.75) is 33.2 Å². The van der Waals surface area contributed by atoms with E-state index in [2.05, 4.69) is 25.3 Å². The summed E-state index contributed by atoms with van der Waals surface area (Å²) in [7, 11) is 1.71. The minimum Gasteiger partial charge on any atom is -0.353 e. The van der Waals surface area contributed by atoms with Crippen molar-refractivity contribution in [1.29, 1.82) is 0 Å². The number of hydrogen-bond acceptors (Lipinski definition) is 5. The van der Waals surface area contributed by atoms with Gasteiger partial charge in [-0.25, -0.2) is 9.97 Å². The first-order valence-corrected chi connectivity index (χ1v) is 10.1. The van der Waals surface area contributed by atoms with Crippen molar-refractivity contribution in [1.82, 2.24) is 24.5 Å². The molecule has 0 aliphatic rings. The molecule has 0 spiro atoms. The molecule has 4 aromatic heterocycles. The summed E-state index contributed by atoms with van der Waals surface area (Å²) >= 11 is 6.11. The largest absolute Gasteiger partial charge is 0.353 e. The van der Waals surface area contributed by atoms with Crippen LogP contribution in [-0.2, 0) is 13.5 Å². The standard InChI is InChI=1S/C22H23ClN6O/c1-12(2)27-22-26-11-18(21(30)29(22)4)19-6-5-14(13(3)28-19)7-15-9-24-20-17(15)8-16(23)10-25-20/h5-6,8-12H,7H2,1-4H3,(H,24,25)(H,26,27). The Bertz CT molecular complexity index is 1290. The summed E-state index contributed by atoms with van der Waals surface area (Å²) < 4.78 is 1.52. The minimum absolute atomic E-state index is 0.134. The summed E-state index contributed by atoms with van der Waals surface area (Å²) in [6, 6.07) is 5.97. The van der Waals surface area contributed by atoms with E-state index in [1.165, 1.54) is 4.57 Å². The van der Waals surface area contributed by atoms with E-state index < -0.39 is 0 Å². The number of rotatable bonds is 5. The first-order chi connectivity index (χ1) is 14.3. The topological polar surface area (TPSA) is 88.5 Å². The predicted molar refractivity (Wildman–Crippen MR) is 120 cm³/mol. The fourth-order valence-electron chi connectivity index (χ4n) is 3.42. The van der Waals surface area contributed by atoms with Crippen molar-refractivity contribution >= 4 is 28.6 Å². The molecular weight excluding hydrogens is 400 g/mol. The van der Waals surface area contributed by atoms with Crippen LogP contribution in [-0.4, -0.2) is 30.5 Å². The number of aromatic amines is 1. The lowest BCUT2D eigenvalue weighted by molar-refractivity contribution is 0.787. The Morgan fingerprint density at radius 3 is 2.73 bits per heavy atom. The van der Waals surface area contributed by atoms with Gasteiger partial charge >= 0.3 is 0 Å². The zero-order valence-electron chi connectivity index (χ0n) is 17.3. The number of halogens is 1. The molecule has 0 aliphatic carbocycles. The molecule has 4 heterocycles. The predicted octanol–water partition coefficient (Wildman–Crippen LogP) is 4.09. The number of pyridine rings is 2. The van der Waals surface area contributed by atoms with Crippen LogP contribution in [0.1, 0.15) is 30.7 Å². The molecular formula is C22H23ClN6O. The second-order valence-electron chi connectivity index (χ2n) is 7.64. The van der Waals surface area contributed by atoms with Gasteiger partial charge in [0.2, 0.25) is 5.95 Å². The maximum atomic E-state index is 12.8. The maximum absolute atomic E-state index is 12.8. The summed E-state index contributed by atoms with van der Waals surface area (Å²) in [5.74, 6) is 0.540. The van der Waals surface area contributed by atoms with E-state index in [0.717, 1.165) is 27.9 Å². The van der Waals surface area contributed by atoms with Gasteiger partial charge in [0, 0.05) is 49.2 Å². The molecule has 0 bridgehead atoms. The fourth-order valence-corrected chi connectivity index (χ4v) is 3.58. The van der Waals surface area contributed by atoms with Crippen LogP contribution in [0, 0.1) is 6.92 Å². The average molecular weight is 423 g/mol. The Hall–Kier alpha value is -3.19. The van der Waals surface area contributed by atoms with Gasteiger partial charge in [-0.1, -0.05) is 17.7 Å². The van der Waals surface area contributed by atoms with E-state index in [1.807, 2.05) is 45.2 Å². The van der Waals surface area contributed by atoms with Gasteiger partial charge in [0.05, 0.1) is 16.3 Å². The number of H-pyrrole nitrogens is 1. The lowest BCUT2D eigenvalue weighted by atomic mass is 10.0. The third kappa shape index (κ3) is 3.80. The van der Waals surface area contributed by atoms with Crippen LogP contribution in [0.25, 0.3) is 22.3 Å². The van der Waals surface area contributed by atoms with Gasteiger partial charge in [0.15, 0.2) is 0 Å². The molecule has 0 unspecified atom stereocenters. The highest BCUT2D eigenvalue weighted by molar-refractivity contribution is 6.31. The number of nitrogens with one attached hydrogen (secondary N) is 2. The Labute approximate surface area is 179 Å². The van der Waals surface area contributed by atoms with E-state index in [1.54, 1.807) is 19.4 Å². The Balaban J connectivity index is 1.66. The van der Waals surface area contributed by atoms with Crippen LogP contribution in [0.4, 0.5) is 5.95 Å². The van der Waals surface area contributed by atoms with Crippen molar-refractivity contribution < 1.29 is 0 Å². The normalized spacial score (nSPS) is 11.4. The molecule has 2 N–H and O–H groups in total. The number of hydrogen-bond donors (Lipinski definition) is 2. The molecule has 0 fully saturated rings. The zero-order valence-corrected chi connectivity index (χ0v) is 18.1. The molecule has 0 atom stereocenters. The van der Waals surface area contributed by atoms with Crippen molar-refractivity contribution in [2.75, 3.05) is 5.32 Å². The van der Waals surface area contributed by atoms with E-state index in [0.29, 0.717) is 28.6 Å². The fraction of sp³-hybridized carbons (Fsp3) is 0.273. The third-order valence-electron chi connectivity index (χ3n) is 5.02. The molecule has 0 saturated carbocycles. The van der Waals surface area contributed by atoms with Gasteiger partial charge in [-0.2, -0.15) is 0 Å². The van der Waals surface area contributed by atoms with Crippen LogP contribution in [0.3, 0.4) is 0 Å². The lowest BCUT2D eigenvalue weighted by Gasteiger charge is -2.14. The summed E-state index contributed by atoms with van der Waals surface area (Å²) in [5, 5.41) is 4.77. The first kappa shape index (κ1) is 20.1. The van der Waals surface area contributed by atoms with Crippen LogP contribution in [0.2, 0.25) is 5.02 Å². The number of fused-ring (bicyclic) bond motifs is 1. The number of nitrogens with zero attached hydrogens (tertiary/aromatic N) is 4. The van der Waals surface area contributed by atoms with Gasteiger partial charge in [-0.3, -0.25) is 14.3 Å². The Kier molecular flexibility index (Phi) is 5.30. The van der Waals surface area contributed by atoms with Crippen LogP contribution < -0.4 is 10.9 Å². The second kappa shape index (κ2) is 7.91. The molecule has 30 heavy (non-hydrogen) atoms. The number of anilines is 1. The van der Waals surface area contributed by atoms with Crippen molar-refractivity contribution in [2.24, 2.45) is 7.05 Å². The Morgan fingerprint density at radius 1 is 1.20 bits per heavy atom. The first-order valence-electron chi connectivity index (χ1n) is 9.74. The van der Waals surface area contributed by atoms with Crippen molar-refractivity contribution in [3.63, 3.8) is 0 Å². The Morgan fingerprint density at radius 2 is 2.00 bits per heavy atom. The van der Waals surface area contributed by atoms with E-state index >= 15 is 0 Å². The summed E-state index contributed by atoms with van der Waals surface area (Å²) in [5.41, 5.74) is 4.80. The highest BCUT2D eigenvalue weighted by Crippen LogP contribution is 2.24. The molecule has 154 valence electrons. The van der Waals surface area contributed by atoms with Gasteiger partial charge in [-0.15, -0.1) is 0 Å². The van der Waals surface area contributed by atoms with Gasteiger partial charge in [0.1, 0.15) is 5.65 Å². The molecule has 4 rings (SSSR count). The average Bonchev–Trinajstić information content (AvgIpc) is 3.09. The van der Waals surface area contributed by atoms with Crippen LogP contribution >= 0.6 is 11.6 Å². The zero-order chi connectivity index (χ0) is 21.4. The molecule has 0 aliphatic heterocycles. The highest BCUT2D eigenvalue weighted by Gasteiger charge is 2.14. The summed E-state index contributed by atoms with van der Waals surface area (Å²) in [6.45, 7) is 5.95. The van der Waals surface area contributed by atoms with Crippen molar-refractivity contribution in [3.8, 4) is 11.3 Å². The molecule has 4 aromatic rings. The lowest BCUT2D eigenvalue weighted by Crippen LogP contribution is -2.25. The quantitative estimate of drug-likeness (QED) is 0.505. The van der Waals surface area contributed by atoms with Crippen molar-refractivity contribution in [3.05, 3.63) is 69.0 Å². The van der Waals surface area contributed by atoms with E-state index in [9.17, 15) is 4.79 Å². The molecule has 8 heteroatoms. The third-order valence-corrected chi connectivity index (χ3v) is 5.23. The van der Waals surface area contributed by atoms with E-state index in [-0.39, 0.29) is 11.6 Å².